The first-order chi connectivity index (χ1) is 9.63. The molecule has 0 aliphatic rings. The Balaban J connectivity index is 2.07. The van der Waals surface area contributed by atoms with Gasteiger partial charge < -0.3 is 5.32 Å². The van der Waals surface area contributed by atoms with Crippen LogP contribution in [0.5, 0.6) is 0 Å². The highest BCUT2D eigenvalue weighted by Crippen LogP contribution is 2.34. The molecule has 1 amide bonds. The van der Waals surface area contributed by atoms with Crippen molar-refractivity contribution in [2.45, 2.75) is 25.3 Å². The zero-order valence-electron chi connectivity index (χ0n) is 11.3. The van der Waals surface area contributed by atoms with Gasteiger partial charge in [-0.25, -0.2) is 9.97 Å². The number of aromatic nitrogens is 2. The summed E-state index contributed by atoms with van der Waals surface area (Å²) in [6.07, 6.45) is 1.87. The predicted octanol–water partition coefficient (Wildman–Crippen LogP) is 2.43. The molecule has 1 N–H and O–H groups in total. The highest BCUT2D eigenvalue weighted by molar-refractivity contribution is 8.00. The molecule has 2 rings (SSSR count). The second-order valence-electron chi connectivity index (χ2n) is 4.19. The summed E-state index contributed by atoms with van der Waals surface area (Å²) in [5.41, 5.74) is 1.18. The summed E-state index contributed by atoms with van der Waals surface area (Å²) >= 11 is 3.05. The van der Waals surface area contributed by atoms with Crippen LogP contribution in [0.15, 0.2) is 11.4 Å². The molecule has 0 aromatic carbocycles. The molecule has 0 aliphatic carbocycles. The van der Waals surface area contributed by atoms with E-state index in [-0.39, 0.29) is 5.91 Å². The Kier molecular flexibility index (Phi) is 4.93. The first-order valence-electron chi connectivity index (χ1n) is 6.10. The number of rotatable bonds is 5. The van der Waals surface area contributed by atoms with Gasteiger partial charge in [0, 0.05) is 16.8 Å². The van der Waals surface area contributed by atoms with Crippen molar-refractivity contribution in [3.05, 3.63) is 16.8 Å². The number of nitrogens with zero attached hydrogens (tertiary/aromatic N) is 3. The molecule has 0 atom stereocenters. The van der Waals surface area contributed by atoms with Crippen molar-refractivity contribution in [3.8, 4) is 6.07 Å². The summed E-state index contributed by atoms with van der Waals surface area (Å²) in [6.45, 7) is 4.50. The van der Waals surface area contributed by atoms with Crippen molar-refractivity contribution >= 4 is 39.2 Å². The number of nitriles is 1. The summed E-state index contributed by atoms with van der Waals surface area (Å²) in [4.78, 5) is 22.4. The van der Waals surface area contributed by atoms with E-state index in [1.807, 2.05) is 6.07 Å². The second kappa shape index (κ2) is 6.68. The molecule has 0 saturated heterocycles. The number of aryl methyl sites for hydroxylation is 2. The maximum atomic E-state index is 11.6. The maximum absolute atomic E-state index is 11.6. The number of carbonyl (C=O) groups excluding carboxylic acids is 1. The molecule has 104 valence electrons. The monoisotopic (exact) mass is 306 g/mol. The Hall–Kier alpha value is -1.65. The van der Waals surface area contributed by atoms with Crippen LogP contribution in [0.2, 0.25) is 0 Å². The summed E-state index contributed by atoms with van der Waals surface area (Å²) in [5, 5.41) is 13.0. The number of hydrogen-bond acceptors (Lipinski definition) is 6. The van der Waals surface area contributed by atoms with Crippen LogP contribution in [0, 0.1) is 25.2 Å². The van der Waals surface area contributed by atoms with E-state index >= 15 is 0 Å². The predicted molar refractivity (Wildman–Crippen MR) is 80.9 cm³/mol. The van der Waals surface area contributed by atoms with Gasteiger partial charge >= 0.3 is 0 Å². The maximum Gasteiger partial charge on any atom is 0.230 e. The lowest BCUT2D eigenvalue weighted by Gasteiger charge is -2.04. The molecule has 20 heavy (non-hydrogen) atoms. The molecule has 0 fully saturated rings. The molecule has 2 heterocycles. The summed E-state index contributed by atoms with van der Waals surface area (Å²) in [7, 11) is 0. The summed E-state index contributed by atoms with van der Waals surface area (Å²) in [6, 6.07) is 1.99. The van der Waals surface area contributed by atoms with Crippen molar-refractivity contribution in [3.63, 3.8) is 0 Å². The Morgan fingerprint density at radius 2 is 2.30 bits per heavy atom. The zero-order valence-corrected chi connectivity index (χ0v) is 12.9. The van der Waals surface area contributed by atoms with E-state index in [1.54, 1.807) is 11.3 Å². The van der Waals surface area contributed by atoms with E-state index in [0.717, 1.165) is 15.2 Å². The van der Waals surface area contributed by atoms with Crippen LogP contribution in [0.4, 0.5) is 0 Å². The average Bonchev–Trinajstić information content (AvgIpc) is 2.73. The number of carbonyl (C=O) groups is 1. The molecule has 0 saturated carbocycles. The largest absolute Gasteiger partial charge is 0.354 e. The van der Waals surface area contributed by atoms with E-state index in [9.17, 15) is 4.79 Å². The minimum Gasteiger partial charge on any atom is -0.354 e. The Labute approximate surface area is 125 Å². The third-order valence-corrected chi connectivity index (χ3v) is 4.93. The van der Waals surface area contributed by atoms with Gasteiger partial charge in [-0.3, -0.25) is 4.79 Å². The van der Waals surface area contributed by atoms with Gasteiger partial charge in [0.25, 0.3) is 0 Å². The van der Waals surface area contributed by atoms with E-state index in [1.165, 1.54) is 28.5 Å². The number of thiophene rings is 1. The topological polar surface area (TPSA) is 78.7 Å². The lowest BCUT2D eigenvalue weighted by molar-refractivity contribution is -0.118. The third-order valence-electron chi connectivity index (χ3n) is 2.83. The van der Waals surface area contributed by atoms with Crippen LogP contribution in [0.3, 0.4) is 0 Å². The van der Waals surface area contributed by atoms with Crippen LogP contribution >= 0.6 is 23.1 Å². The molecular weight excluding hydrogens is 292 g/mol. The molecule has 0 bridgehead atoms. The highest BCUT2D eigenvalue weighted by atomic mass is 32.2. The SMILES string of the molecule is Cc1sc2ncnc(SCC(=O)NCCC#N)c2c1C. The molecule has 0 radical (unpaired) electrons. The summed E-state index contributed by atoms with van der Waals surface area (Å²) < 4.78 is 0. The van der Waals surface area contributed by atoms with Crippen molar-refractivity contribution < 1.29 is 4.79 Å². The molecule has 2 aromatic heterocycles. The first kappa shape index (κ1) is 14.8. The number of hydrogen-bond donors (Lipinski definition) is 1. The first-order valence-corrected chi connectivity index (χ1v) is 7.91. The van der Waals surface area contributed by atoms with Gasteiger partial charge in [0.2, 0.25) is 5.91 Å². The van der Waals surface area contributed by atoms with E-state index < -0.39 is 0 Å². The quantitative estimate of drug-likeness (QED) is 0.521. The molecule has 7 heteroatoms. The van der Waals surface area contributed by atoms with Gasteiger partial charge in [-0.05, 0) is 19.4 Å². The minimum absolute atomic E-state index is 0.0818. The van der Waals surface area contributed by atoms with Crippen molar-refractivity contribution in [1.29, 1.82) is 5.26 Å². The minimum atomic E-state index is -0.0818. The molecule has 0 spiro atoms. The van der Waals surface area contributed by atoms with Crippen LogP contribution in [-0.4, -0.2) is 28.2 Å². The number of thioether (sulfide) groups is 1. The normalized spacial score (nSPS) is 10.4. The van der Waals surface area contributed by atoms with Crippen LogP contribution < -0.4 is 5.32 Å². The zero-order chi connectivity index (χ0) is 14.5. The average molecular weight is 306 g/mol. The second-order valence-corrected chi connectivity index (χ2v) is 6.36. The van der Waals surface area contributed by atoms with Crippen molar-refractivity contribution in [2.75, 3.05) is 12.3 Å². The van der Waals surface area contributed by atoms with Crippen molar-refractivity contribution in [2.24, 2.45) is 0 Å². The van der Waals surface area contributed by atoms with Gasteiger partial charge in [-0.2, -0.15) is 5.26 Å². The van der Waals surface area contributed by atoms with E-state index in [4.69, 9.17) is 5.26 Å². The number of fused-ring (bicyclic) bond motifs is 1. The van der Waals surface area contributed by atoms with Gasteiger partial charge in [-0.15, -0.1) is 11.3 Å². The number of nitrogens with one attached hydrogen (secondary N) is 1. The lowest BCUT2D eigenvalue weighted by atomic mass is 10.2. The Morgan fingerprint density at radius 1 is 1.50 bits per heavy atom. The van der Waals surface area contributed by atoms with E-state index in [2.05, 4.69) is 29.1 Å². The lowest BCUT2D eigenvalue weighted by Crippen LogP contribution is -2.25. The molecule has 2 aromatic rings. The summed E-state index contributed by atoms with van der Waals surface area (Å²) in [5.74, 6) is 0.216. The van der Waals surface area contributed by atoms with Gasteiger partial charge in [0.05, 0.1) is 18.2 Å². The Bertz CT molecular complexity index is 675. The standard InChI is InChI=1S/C13H14N4OS2/c1-8-9(2)20-13-11(8)12(16-7-17-13)19-6-10(18)15-5-3-4-14/h7H,3,5-6H2,1-2H3,(H,15,18). The third kappa shape index (κ3) is 3.26. The molecular formula is C13H14N4OS2. The molecule has 0 aliphatic heterocycles. The smallest absolute Gasteiger partial charge is 0.230 e. The van der Waals surface area contributed by atoms with Gasteiger partial charge in [0.1, 0.15) is 16.2 Å². The van der Waals surface area contributed by atoms with Crippen molar-refractivity contribution in [1.82, 2.24) is 15.3 Å². The van der Waals surface area contributed by atoms with Crippen LogP contribution in [-0.2, 0) is 4.79 Å². The van der Waals surface area contributed by atoms with Gasteiger partial charge in [-0.1, -0.05) is 11.8 Å². The fourth-order valence-electron chi connectivity index (χ4n) is 1.70. The van der Waals surface area contributed by atoms with Crippen LogP contribution in [0.1, 0.15) is 16.9 Å². The van der Waals surface area contributed by atoms with Crippen LogP contribution in [0.25, 0.3) is 10.2 Å². The Morgan fingerprint density at radius 3 is 3.05 bits per heavy atom. The molecule has 5 nitrogen and oxygen atoms in total. The van der Waals surface area contributed by atoms with E-state index in [0.29, 0.717) is 18.7 Å². The fourth-order valence-corrected chi connectivity index (χ4v) is 3.65. The highest BCUT2D eigenvalue weighted by Gasteiger charge is 2.13. The number of amides is 1. The molecule has 0 unspecified atom stereocenters. The fraction of sp³-hybridized carbons (Fsp3) is 0.385. The van der Waals surface area contributed by atoms with Gasteiger partial charge in [0.15, 0.2) is 0 Å².